The van der Waals surface area contributed by atoms with Gasteiger partial charge in [-0.3, -0.25) is 14.7 Å². The maximum Gasteiger partial charge on any atom is 0.224 e. The lowest BCUT2D eigenvalue weighted by atomic mass is 10.1. The minimum atomic E-state index is 0.226. The molecule has 1 aromatic carbocycles. The Balaban J connectivity index is 1.62. The molecule has 0 aliphatic carbocycles. The van der Waals surface area contributed by atoms with Gasteiger partial charge in [-0.1, -0.05) is 29.8 Å². The lowest BCUT2D eigenvalue weighted by Crippen LogP contribution is -2.33. The van der Waals surface area contributed by atoms with Crippen LogP contribution in [0.1, 0.15) is 28.8 Å². The molecule has 24 heavy (non-hydrogen) atoms. The second-order valence-corrected chi connectivity index (χ2v) is 6.59. The van der Waals surface area contributed by atoms with E-state index >= 15 is 0 Å². The van der Waals surface area contributed by atoms with Gasteiger partial charge < -0.3 is 4.90 Å². The van der Waals surface area contributed by atoms with Crippen molar-refractivity contribution in [3.8, 4) is 0 Å². The van der Waals surface area contributed by atoms with Crippen LogP contribution in [0.25, 0.3) is 0 Å². The molecule has 4 nitrogen and oxygen atoms in total. The van der Waals surface area contributed by atoms with Crippen LogP contribution >= 0.6 is 0 Å². The van der Waals surface area contributed by atoms with E-state index in [1.54, 1.807) is 6.20 Å². The fourth-order valence-corrected chi connectivity index (χ4v) is 3.19. The highest BCUT2D eigenvalue weighted by Crippen LogP contribution is 2.15. The Bertz CT molecular complexity index is 699. The Morgan fingerprint density at radius 3 is 2.67 bits per heavy atom. The SMILES string of the molecule is Cc1ccc(CN2CCC(=O)N(Cc3ccccn3)CC2)c(C)c1. The van der Waals surface area contributed by atoms with Gasteiger partial charge in [0.1, 0.15) is 0 Å². The van der Waals surface area contributed by atoms with Crippen molar-refractivity contribution < 1.29 is 4.79 Å². The maximum absolute atomic E-state index is 12.4. The number of hydrogen-bond donors (Lipinski definition) is 0. The van der Waals surface area contributed by atoms with Crippen LogP contribution in [0.2, 0.25) is 0 Å². The summed E-state index contributed by atoms with van der Waals surface area (Å²) >= 11 is 0. The van der Waals surface area contributed by atoms with Crippen molar-refractivity contribution in [2.75, 3.05) is 19.6 Å². The number of hydrogen-bond acceptors (Lipinski definition) is 3. The highest BCUT2D eigenvalue weighted by atomic mass is 16.2. The van der Waals surface area contributed by atoms with E-state index in [0.29, 0.717) is 13.0 Å². The van der Waals surface area contributed by atoms with Gasteiger partial charge >= 0.3 is 0 Å². The summed E-state index contributed by atoms with van der Waals surface area (Å²) in [6.45, 7) is 8.31. The number of carbonyl (C=O) groups excluding carboxylic acids is 1. The molecule has 3 rings (SSSR count). The summed E-state index contributed by atoms with van der Waals surface area (Å²) in [7, 11) is 0. The summed E-state index contributed by atoms with van der Waals surface area (Å²) < 4.78 is 0. The Morgan fingerprint density at radius 1 is 1.04 bits per heavy atom. The lowest BCUT2D eigenvalue weighted by molar-refractivity contribution is -0.131. The molecule has 0 N–H and O–H groups in total. The van der Waals surface area contributed by atoms with Gasteiger partial charge in [0.25, 0.3) is 0 Å². The van der Waals surface area contributed by atoms with Crippen molar-refractivity contribution in [1.82, 2.24) is 14.8 Å². The van der Waals surface area contributed by atoms with Crippen LogP contribution in [0, 0.1) is 13.8 Å². The standard InChI is InChI=1S/C20H25N3O/c1-16-6-7-18(17(2)13-16)14-22-10-8-20(24)23(12-11-22)15-19-5-3-4-9-21-19/h3-7,9,13H,8,10-12,14-15H2,1-2H3. The molecule has 2 heterocycles. The van der Waals surface area contributed by atoms with Gasteiger partial charge in [-0.2, -0.15) is 0 Å². The van der Waals surface area contributed by atoms with Crippen LogP contribution in [0.5, 0.6) is 0 Å². The smallest absolute Gasteiger partial charge is 0.224 e. The van der Waals surface area contributed by atoms with Crippen LogP contribution in [-0.4, -0.2) is 40.3 Å². The fraction of sp³-hybridized carbons (Fsp3) is 0.400. The molecular formula is C20H25N3O. The Hall–Kier alpha value is -2.20. The first-order valence-electron chi connectivity index (χ1n) is 8.58. The quantitative estimate of drug-likeness (QED) is 0.868. The predicted molar refractivity (Wildman–Crippen MR) is 95.5 cm³/mol. The normalized spacial score (nSPS) is 16.2. The second kappa shape index (κ2) is 7.58. The third-order valence-electron chi connectivity index (χ3n) is 4.65. The van der Waals surface area contributed by atoms with E-state index in [4.69, 9.17) is 0 Å². The van der Waals surface area contributed by atoms with Crippen LogP contribution in [0.15, 0.2) is 42.6 Å². The molecule has 4 heteroatoms. The summed E-state index contributed by atoms with van der Waals surface area (Å²) in [5.41, 5.74) is 4.93. The minimum Gasteiger partial charge on any atom is -0.335 e. The average molecular weight is 323 g/mol. The van der Waals surface area contributed by atoms with Gasteiger partial charge in [-0.05, 0) is 37.1 Å². The number of benzene rings is 1. The minimum absolute atomic E-state index is 0.226. The third kappa shape index (κ3) is 4.20. The molecule has 0 bridgehead atoms. The van der Waals surface area contributed by atoms with E-state index in [9.17, 15) is 4.79 Å². The molecule has 126 valence electrons. The van der Waals surface area contributed by atoms with Crippen molar-refractivity contribution in [2.45, 2.75) is 33.4 Å². The topological polar surface area (TPSA) is 36.4 Å². The van der Waals surface area contributed by atoms with Crippen molar-refractivity contribution in [2.24, 2.45) is 0 Å². The molecule has 2 aromatic rings. The summed E-state index contributed by atoms with van der Waals surface area (Å²) in [4.78, 5) is 21.1. The number of amides is 1. The summed E-state index contributed by atoms with van der Waals surface area (Å²) in [5.74, 6) is 0.226. The molecule has 1 aliphatic rings. The lowest BCUT2D eigenvalue weighted by Gasteiger charge is -2.22. The highest BCUT2D eigenvalue weighted by Gasteiger charge is 2.21. The van der Waals surface area contributed by atoms with Gasteiger partial charge in [0.05, 0.1) is 12.2 Å². The number of rotatable bonds is 4. The Kier molecular flexibility index (Phi) is 5.26. The first-order chi connectivity index (χ1) is 11.6. The van der Waals surface area contributed by atoms with Crippen molar-refractivity contribution in [3.63, 3.8) is 0 Å². The number of pyridine rings is 1. The largest absolute Gasteiger partial charge is 0.335 e. The van der Waals surface area contributed by atoms with Gasteiger partial charge in [0, 0.05) is 38.8 Å². The van der Waals surface area contributed by atoms with Crippen LogP contribution in [-0.2, 0) is 17.9 Å². The molecule has 0 atom stereocenters. The molecule has 1 aromatic heterocycles. The molecular weight excluding hydrogens is 298 g/mol. The molecule has 1 aliphatic heterocycles. The second-order valence-electron chi connectivity index (χ2n) is 6.59. The van der Waals surface area contributed by atoms with E-state index in [-0.39, 0.29) is 5.91 Å². The molecule has 1 amide bonds. The van der Waals surface area contributed by atoms with E-state index in [2.05, 4.69) is 41.9 Å². The third-order valence-corrected chi connectivity index (χ3v) is 4.65. The number of aryl methyl sites for hydroxylation is 2. The van der Waals surface area contributed by atoms with Crippen molar-refractivity contribution in [3.05, 3.63) is 65.0 Å². The summed E-state index contributed by atoms with van der Waals surface area (Å²) in [5, 5.41) is 0. The molecule has 0 radical (unpaired) electrons. The summed E-state index contributed by atoms with van der Waals surface area (Å²) in [6, 6.07) is 12.5. The van der Waals surface area contributed by atoms with Gasteiger partial charge in [-0.15, -0.1) is 0 Å². The maximum atomic E-state index is 12.4. The van der Waals surface area contributed by atoms with E-state index in [1.807, 2.05) is 23.1 Å². The molecule has 1 saturated heterocycles. The molecule has 0 spiro atoms. The average Bonchev–Trinajstić information content (AvgIpc) is 2.74. The van der Waals surface area contributed by atoms with E-state index in [1.165, 1.54) is 16.7 Å². The molecule has 0 unspecified atom stereocenters. The fourth-order valence-electron chi connectivity index (χ4n) is 3.19. The Morgan fingerprint density at radius 2 is 1.92 bits per heavy atom. The zero-order chi connectivity index (χ0) is 16.9. The Labute approximate surface area is 144 Å². The van der Waals surface area contributed by atoms with E-state index < -0.39 is 0 Å². The first kappa shape index (κ1) is 16.7. The molecule has 0 saturated carbocycles. The monoisotopic (exact) mass is 323 g/mol. The number of aromatic nitrogens is 1. The highest BCUT2D eigenvalue weighted by molar-refractivity contribution is 5.76. The van der Waals surface area contributed by atoms with Crippen LogP contribution in [0.3, 0.4) is 0 Å². The first-order valence-corrected chi connectivity index (χ1v) is 8.58. The zero-order valence-electron chi connectivity index (χ0n) is 14.5. The molecule has 1 fully saturated rings. The van der Waals surface area contributed by atoms with Gasteiger partial charge in [-0.25, -0.2) is 0 Å². The van der Waals surface area contributed by atoms with Crippen LogP contribution < -0.4 is 0 Å². The van der Waals surface area contributed by atoms with Crippen LogP contribution in [0.4, 0.5) is 0 Å². The predicted octanol–water partition coefficient (Wildman–Crippen LogP) is 2.93. The zero-order valence-corrected chi connectivity index (χ0v) is 14.5. The van der Waals surface area contributed by atoms with E-state index in [0.717, 1.165) is 31.9 Å². The van der Waals surface area contributed by atoms with Gasteiger partial charge in [0.2, 0.25) is 5.91 Å². The number of nitrogens with zero attached hydrogens (tertiary/aromatic N) is 3. The number of carbonyl (C=O) groups is 1. The van der Waals surface area contributed by atoms with Crippen molar-refractivity contribution >= 4 is 5.91 Å². The van der Waals surface area contributed by atoms with Crippen molar-refractivity contribution in [1.29, 1.82) is 0 Å². The van der Waals surface area contributed by atoms with Gasteiger partial charge in [0.15, 0.2) is 0 Å². The summed E-state index contributed by atoms with van der Waals surface area (Å²) in [6.07, 6.45) is 2.36.